The van der Waals surface area contributed by atoms with Crippen LogP contribution in [0, 0.1) is 13.8 Å². The number of halogens is 1. The molecular formula is C25H36BBrO4. The maximum atomic E-state index is 11.4. The lowest BCUT2D eigenvalue weighted by Crippen LogP contribution is -2.41. The molecule has 170 valence electrons. The van der Waals surface area contributed by atoms with Gasteiger partial charge in [-0.3, -0.25) is 0 Å². The van der Waals surface area contributed by atoms with Crippen LogP contribution in [0.15, 0.2) is 36.4 Å². The number of aromatic carboxylic acids is 1. The van der Waals surface area contributed by atoms with Gasteiger partial charge in [0.05, 0.1) is 16.8 Å². The third-order valence-corrected chi connectivity index (χ3v) is 5.64. The number of carbonyl (C=O) groups is 1. The number of carboxylic acids is 1. The van der Waals surface area contributed by atoms with Crippen molar-refractivity contribution >= 4 is 34.5 Å². The fourth-order valence-corrected chi connectivity index (χ4v) is 3.11. The van der Waals surface area contributed by atoms with Gasteiger partial charge in [-0.1, -0.05) is 61.0 Å². The molecule has 0 atom stereocenters. The third-order valence-electron chi connectivity index (χ3n) is 5.64. The fraction of sp³-hybridized carbons (Fsp3) is 0.480. The number of carboxylic acid groups (broad SMARTS) is 1. The van der Waals surface area contributed by atoms with Gasteiger partial charge in [0.15, 0.2) is 0 Å². The summed E-state index contributed by atoms with van der Waals surface area (Å²) >= 11 is 3.15. The van der Waals surface area contributed by atoms with E-state index in [1.165, 1.54) is 0 Å². The summed E-state index contributed by atoms with van der Waals surface area (Å²) in [5, 5.41) is 10.4. The molecule has 4 nitrogen and oxygen atoms in total. The molecule has 0 radical (unpaired) electrons. The zero-order chi connectivity index (χ0) is 24.0. The van der Waals surface area contributed by atoms with Crippen LogP contribution in [0.25, 0.3) is 11.1 Å². The highest BCUT2D eigenvalue weighted by atomic mass is 79.9. The van der Waals surface area contributed by atoms with Crippen molar-refractivity contribution in [1.82, 2.24) is 0 Å². The SMILES string of the molecule is CC.CCBr.Cc1cc(C(=O)O)cc(-c2cccc(B3OC(C)(C)C(C)(C)O3)c2)c1C. The molecule has 1 heterocycles. The maximum absolute atomic E-state index is 11.4. The van der Waals surface area contributed by atoms with Gasteiger partial charge in [-0.2, -0.15) is 0 Å². The number of rotatable bonds is 3. The minimum Gasteiger partial charge on any atom is -0.478 e. The maximum Gasteiger partial charge on any atom is 0.494 e. The molecule has 2 aromatic rings. The molecule has 1 N–H and O–H groups in total. The second kappa shape index (κ2) is 11.3. The number of alkyl halides is 1. The second-order valence-corrected chi connectivity index (χ2v) is 9.37. The van der Waals surface area contributed by atoms with E-state index in [1.54, 1.807) is 12.1 Å². The van der Waals surface area contributed by atoms with Gasteiger partial charge in [0.1, 0.15) is 0 Å². The van der Waals surface area contributed by atoms with Gasteiger partial charge in [-0.15, -0.1) is 0 Å². The van der Waals surface area contributed by atoms with Gasteiger partial charge < -0.3 is 14.4 Å². The lowest BCUT2D eigenvalue weighted by atomic mass is 9.77. The van der Waals surface area contributed by atoms with Crippen LogP contribution < -0.4 is 5.46 Å². The Morgan fingerprint density at radius 1 is 1.03 bits per heavy atom. The van der Waals surface area contributed by atoms with Crippen molar-refractivity contribution < 1.29 is 19.2 Å². The van der Waals surface area contributed by atoms with Crippen LogP contribution in [-0.2, 0) is 9.31 Å². The molecule has 2 aromatic carbocycles. The van der Waals surface area contributed by atoms with E-state index < -0.39 is 24.3 Å². The van der Waals surface area contributed by atoms with Crippen LogP contribution in [0.2, 0.25) is 0 Å². The quantitative estimate of drug-likeness (QED) is 0.399. The van der Waals surface area contributed by atoms with Crippen LogP contribution in [0.4, 0.5) is 0 Å². The summed E-state index contributed by atoms with van der Waals surface area (Å²) in [5.41, 5.74) is 4.33. The summed E-state index contributed by atoms with van der Waals surface area (Å²) in [4.78, 5) is 11.4. The van der Waals surface area contributed by atoms with Gasteiger partial charge >= 0.3 is 13.1 Å². The zero-order valence-electron chi connectivity index (χ0n) is 20.3. The highest BCUT2D eigenvalue weighted by molar-refractivity contribution is 9.09. The van der Waals surface area contributed by atoms with E-state index in [-0.39, 0.29) is 0 Å². The van der Waals surface area contributed by atoms with Crippen molar-refractivity contribution in [1.29, 1.82) is 0 Å². The highest BCUT2D eigenvalue weighted by Crippen LogP contribution is 2.37. The minimum atomic E-state index is -0.920. The van der Waals surface area contributed by atoms with E-state index in [9.17, 15) is 9.90 Å². The average molecular weight is 491 g/mol. The summed E-state index contributed by atoms with van der Waals surface area (Å²) in [5.74, 6) is -0.920. The first kappa shape index (κ1) is 27.4. The number of aryl methyl sites for hydroxylation is 1. The van der Waals surface area contributed by atoms with Gasteiger partial charge in [-0.25, -0.2) is 4.79 Å². The Morgan fingerprint density at radius 2 is 1.55 bits per heavy atom. The molecule has 0 aromatic heterocycles. The van der Waals surface area contributed by atoms with Gasteiger partial charge in [0, 0.05) is 5.33 Å². The van der Waals surface area contributed by atoms with Crippen molar-refractivity contribution in [3.63, 3.8) is 0 Å². The zero-order valence-corrected chi connectivity index (χ0v) is 21.9. The Hall–Kier alpha value is -1.63. The van der Waals surface area contributed by atoms with Crippen molar-refractivity contribution in [2.75, 3.05) is 5.33 Å². The van der Waals surface area contributed by atoms with Crippen LogP contribution in [-0.4, -0.2) is 34.7 Å². The fourth-order valence-electron chi connectivity index (χ4n) is 3.11. The van der Waals surface area contributed by atoms with Crippen molar-refractivity contribution in [3.05, 3.63) is 53.1 Å². The van der Waals surface area contributed by atoms with Gasteiger partial charge in [-0.05, 0) is 81.4 Å². The topological polar surface area (TPSA) is 55.8 Å². The van der Waals surface area contributed by atoms with E-state index in [0.717, 1.165) is 33.0 Å². The first-order valence-corrected chi connectivity index (χ1v) is 11.9. The molecular weight excluding hydrogens is 455 g/mol. The molecule has 31 heavy (non-hydrogen) atoms. The second-order valence-electron chi connectivity index (χ2n) is 8.25. The Labute approximate surface area is 196 Å². The summed E-state index contributed by atoms with van der Waals surface area (Å²) in [7, 11) is -0.441. The lowest BCUT2D eigenvalue weighted by Gasteiger charge is -2.32. The predicted octanol–water partition coefficient (Wildman–Crippen LogP) is 6.40. The standard InChI is InChI=1S/C21H25BO4.C2H5Br.C2H6/c1-13-10-16(19(23)24)12-18(14(13)2)15-8-7-9-17(11-15)22-25-20(3,4)21(5,6)26-22;1-2-3;1-2/h7-12H,1-6H3,(H,23,24);2H2,1H3;1-2H3. The van der Waals surface area contributed by atoms with Gasteiger partial charge in [0.25, 0.3) is 0 Å². The molecule has 1 fully saturated rings. The number of hydrogen-bond donors (Lipinski definition) is 1. The molecule has 1 aliphatic heterocycles. The Morgan fingerprint density at radius 3 is 2.03 bits per heavy atom. The largest absolute Gasteiger partial charge is 0.494 e. The first-order chi connectivity index (χ1) is 14.4. The van der Waals surface area contributed by atoms with E-state index >= 15 is 0 Å². The average Bonchev–Trinajstić information content (AvgIpc) is 2.93. The Kier molecular flexibility index (Phi) is 9.99. The van der Waals surface area contributed by atoms with E-state index in [1.807, 2.05) is 86.6 Å². The van der Waals surface area contributed by atoms with Crippen LogP contribution in [0.1, 0.15) is 70.0 Å². The molecule has 0 unspecified atom stereocenters. The van der Waals surface area contributed by atoms with E-state index in [0.29, 0.717) is 5.56 Å². The van der Waals surface area contributed by atoms with Gasteiger partial charge in [0.2, 0.25) is 0 Å². The summed E-state index contributed by atoms with van der Waals surface area (Å²) in [6.45, 7) is 18.1. The Balaban J connectivity index is 0.000000884. The summed E-state index contributed by atoms with van der Waals surface area (Å²) in [6, 6.07) is 11.4. The molecule has 1 saturated heterocycles. The molecule has 0 saturated carbocycles. The number of benzene rings is 2. The lowest BCUT2D eigenvalue weighted by molar-refractivity contribution is 0.00578. The van der Waals surface area contributed by atoms with Crippen LogP contribution >= 0.6 is 15.9 Å². The predicted molar refractivity (Wildman–Crippen MR) is 135 cm³/mol. The molecule has 1 aliphatic rings. The third kappa shape index (κ3) is 6.44. The number of hydrogen-bond acceptors (Lipinski definition) is 3. The van der Waals surface area contributed by atoms with Crippen LogP contribution in [0.3, 0.4) is 0 Å². The Bertz CT molecular complexity index is 877. The first-order valence-electron chi connectivity index (χ1n) is 10.8. The molecule has 0 aliphatic carbocycles. The minimum absolute atomic E-state index is 0.295. The molecule has 0 amide bonds. The normalized spacial score (nSPS) is 16.0. The monoisotopic (exact) mass is 490 g/mol. The summed E-state index contributed by atoms with van der Waals surface area (Å²) < 4.78 is 12.3. The molecule has 6 heteroatoms. The van der Waals surface area contributed by atoms with E-state index in [4.69, 9.17) is 9.31 Å². The summed E-state index contributed by atoms with van der Waals surface area (Å²) in [6.07, 6.45) is 0. The van der Waals surface area contributed by atoms with Crippen molar-refractivity contribution in [2.24, 2.45) is 0 Å². The molecule has 0 bridgehead atoms. The highest BCUT2D eigenvalue weighted by Gasteiger charge is 2.51. The smallest absolute Gasteiger partial charge is 0.478 e. The van der Waals surface area contributed by atoms with Crippen LogP contribution in [0.5, 0.6) is 0 Å². The molecule has 0 spiro atoms. The van der Waals surface area contributed by atoms with Crippen molar-refractivity contribution in [3.8, 4) is 11.1 Å². The van der Waals surface area contributed by atoms with E-state index in [2.05, 4.69) is 15.9 Å². The molecule has 3 rings (SSSR count). The van der Waals surface area contributed by atoms with Crippen molar-refractivity contribution in [2.45, 2.75) is 73.5 Å².